The fourth-order valence-electron chi connectivity index (χ4n) is 0. The molecule has 52 valence electrons. The van der Waals surface area contributed by atoms with Crippen molar-refractivity contribution >= 4 is 0 Å². The van der Waals surface area contributed by atoms with Crippen molar-refractivity contribution < 1.29 is 25.1 Å². The van der Waals surface area contributed by atoms with E-state index in [2.05, 4.69) is 5.73 Å². The summed E-state index contributed by atoms with van der Waals surface area (Å²) in [5.41, 5.74) is 4.29. The molecule has 0 unspecified atom stereocenters. The smallest absolute Gasteiger partial charge is 0.273 e. The van der Waals surface area contributed by atoms with Gasteiger partial charge in [-0.3, -0.25) is 10.4 Å². The van der Waals surface area contributed by atoms with Crippen LogP contribution in [-0.2, 0) is 0 Å². The van der Waals surface area contributed by atoms with Gasteiger partial charge in [0, 0.05) is 0 Å². The number of nitrogens with two attached hydrogens (primary N) is 1. The minimum Gasteiger partial charge on any atom is -0.363 e. The van der Waals surface area contributed by atoms with Gasteiger partial charge in [0.1, 0.15) is 0 Å². The standard InChI is InChI=1S/C2H7NO4.FH/c3-2(6,7)1(4)5;/h1,4-7H,3H2;1H. The van der Waals surface area contributed by atoms with Crippen LogP contribution in [0.5, 0.6) is 0 Å². The van der Waals surface area contributed by atoms with E-state index in [1.165, 1.54) is 0 Å². The van der Waals surface area contributed by atoms with Gasteiger partial charge in [0.05, 0.1) is 0 Å². The molecule has 0 aliphatic rings. The van der Waals surface area contributed by atoms with Gasteiger partial charge in [-0.05, 0) is 0 Å². The van der Waals surface area contributed by atoms with Crippen LogP contribution in [0.4, 0.5) is 4.70 Å². The third-order valence-electron chi connectivity index (χ3n) is 0.380. The lowest BCUT2D eigenvalue weighted by Crippen LogP contribution is -2.50. The molecule has 0 bridgehead atoms. The highest BCUT2D eigenvalue weighted by molar-refractivity contribution is 4.52. The Kier molecular flexibility index (Phi) is 3.86. The van der Waals surface area contributed by atoms with Gasteiger partial charge in [0.2, 0.25) is 6.29 Å². The first-order valence-corrected chi connectivity index (χ1v) is 1.54. The van der Waals surface area contributed by atoms with E-state index in [0.29, 0.717) is 0 Å². The summed E-state index contributed by atoms with van der Waals surface area (Å²) in [6.45, 7) is 0. The van der Waals surface area contributed by atoms with Crippen LogP contribution >= 0.6 is 0 Å². The summed E-state index contributed by atoms with van der Waals surface area (Å²) in [5, 5.41) is 31.5. The van der Waals surface area contributed by atoms with Gasteiger partial charge in [-0.1, -0.05) is 0 Å². The van der Waals surface area contributed by atoms with E-state index in [9.17, 15) is 0 Å². The quantitative estimate of drug-likeness (QED) is 0.243. The molecule has 0 aromatic heterocycles. The first-order chi connectivity index (χ1) is 2.94. The predicted molar refractivity (Wildman–Crippen MR) is 22.1 cm³/mol. The lowest BCUT2D eigenvalue weighted by molar-refractivity contribution is -0.285. The Hall–Kier alpha value is -0.270. The van der Waals surface area contributed by atoms with Crippen LogP contribution in [0, 0.1) is 0 Å². The van der Waals surface area contributed by atoms with Crippen molar-refractivity contribution in [1.29, 1.82) is 0 Å². The highest BCUT2D eigenvalue weighted by atomic mass is 19.0. The molecule has 0 spiro atoms. The van der Waals surface area contributed by atoms with Gasteiger partial charge in [-0.15, -0.1) is 0 Å². The fourth-order valence-corrected chi connectivity index (χ4v) is 0. The van der Waals surface area contributed by atoms with E-state index < -0.39 is 12.2 Å². The Morgan fingerprint density at radius 3 is 1.38 bits per heavy atom. The molecule has 0 radical (unpaired) electrons. The average Bonchev–Trinajstić information content (AvgIpc) is 1.31. The second kappa shape index (κ2) is 2.90. The molecule has 0 aromatic carbocycles. The predicted octanol–water partition coefficient (Wildman–Crippen LogP) is -2.95. The number of halogens is 1. The van der Waals surface area contributed by atoms with Gasteiger partial charge in [0.25, 0.3) is 5.91 Å². The molecule has 0 fully saturated rings. The molecule has 0 aliphatic carbocycles. The zero-order valence-electron chi connectivity index (χ0n) is 3.85. The summed E-state index contributed by atoms with van der Waals surface area (Å²) >= 11 is 0. The first kappa shape index (κ1) is 10.7. The average molecular weight is 129 g/mol. The molecule has 0 heterocycles. The van der Waals surface area contributed by atoms with Crippen molar-refractivity contribution in [2.45, 2.75) is 12.2 Å². The van der Waals surface area contributed by atoms with E-state index in [4.69, 9.17) is 20.4 Å². The molecule has 6 heteroatoms. The number of hydrogen-bond acceptors (Lipinski definition) is 5. The molecular weight excluding hydrogens is 121 g/mol. The van der Waals surface area contributed by atoms with Crippen molar-refractivity contribution in [3.63, 3.8) is 0 Å². The number of rotatable bonds is 1. The molecule has 6 N–H and O–H groups in total. The third-order valence-corrected chi connectivity index (χ3v) is 0.380. The highest BCUT2D eigenvalue weighted by Gasteiger charge is 2.24. The zero-order chi connectivity index (χ0) is 6.08. The van der Waals surface area contributed by atoms with Crippen molar-refractivity contribution in [2.75, 3.05) is 0 Å². The number of aliphatic hydroxyl groups excluding tert-OH is 1. The lowest BCUT2D eigenvalue weighted by Gasteiger charge is -2.16. The normalized spacial score (nSPS) is 11.2. The second-order valence-corrected chi connectivity index (χ2v) is 1.16. The van der Waals surface area contributed by atoms with Gasteiger partial charge < -0.3 is 20.4 Å². The van der Waals surface area contributed by atoms with Gasteiger partial charge >= 0.3 is 0 Å². The minimum absolute atomic E-state index is 0. The van der Waals surface area contributed by atoms with E-state index in [0.717, 1.165) is 0 Å². The van der Waals surface area contributed by atoms with E-state index in [-0.39, 0.29) is 4.70 Å². The van der Waals surface area contributed by atoms with Crippen LogP contribution in [-0.4, -0.2) is 32.6 Å². The Morgan fingerprint density at radius 1 is 1.25 bits per heavy atom. The molecule has 0 rings (SSSR count). The van der Waals surface area contributed by atoms with Crippen LogP contribution < -0.4 is 5.73 Å². The number of aliphatic hydroxyl groups is 4. The Balaban J connectivity index is 0. The van der Waals surface area contributed by atoms with Gasteiger partial charge in [-0.25, -0.2) is 0 Å². The van der Waals surface area contributed by atoms with Crippen molar-refractivity contribution in [1.82, 2.24) is 0 Å². The molecule has 0 atom stereocenters. The van der Waals surface area contributed by atoms with E-state index >= 15 is 0 Å². The molecule has 8 heavy (non-hydrogen) atoms. The van der Waals surface area contributed by atoms with E-state index in [1.54, 1.807) is 0 Å². The Morgan fingerprint density at radius 2 is 1.38 bits per heavy atom. The Bertz CT molecular complexity index is 59.5. The summed E-state index contributed by atoms with van der Waals surface area (Å²) in [4.78, 5) is 0. The second-order valence-electron chi connectivity index (χ2n) is 1.16. The minimum atomic E-state index is -2.89. The monoisotopic (exact) mass is 129 g/mol. The maximum absolute atomic E-state index is 7.93. The molecule has 0 saturated carbocycles. The fraction of sp³-hybridized carbons (Fsp3) is 1.00. The molecule has 0 amide bonds. The van der Waals surface area contributed by atoms with Crippen LogP contribution in [0.3, 0.4) is 0 Å². The van der Waals surface area contributed by atoms with Gasteiger partial charge in [-0.2, -0.15) is 0 Å². The maximum atomic E-state index is 7.93. The summed E-state index contributed by atoms with van der Waals surface area (Å²) in [5.74, 6) is -2.89. The van der Waals surface area contributed by atoms with Crippen LogP contribution in [0.25, 0.3) is 0 Å². The largest absolute Gasteiger partial charge is 0.363 e. The molecule has 5 nitrogen and oxygen atoms in total. The zero-order valence-corrected chi connectivity index (χ0v) is 3.85. The summed E-state index contributed by atoms with van der Waals surface area (Å²) in [6, 6.07) is 0. The van der Waals surface area contributed by atoms with Crippen LogP contribution in [0.1, 0.15) is 0 Å². The molecule has 0 saturated heterocycles. The van der Waals surface area contributed by atoms with Crippen molar-refractivity contribution in [3.05, 3.63) is 0 Å². The molecule has 0 aliphatic heterocycles. The molecular formula is C2H8FNO4. The Labute approximate surface area is 44.3 Å². The highest BCUT2D eigenvalue weighted by Crippen LogP contribution is 1.90. The van der Waals surface area contributed by atoms with Crippen molar-refractivity contribution in [2.24, 2.45) is 5.73 Å². The first-order valence-electron chi connectivity index (χ1n) is 1.54. The summed E-state index contributed by atoms with van der Waals surface area (Å²) < 4.78 is 0. The van der Waals surface area contributed by atoms with Crippen molar-refractivity contribution in [3.8, 4) is 0 Å². The third kappa shape index (κ3) is 3.90. The SMILES string of the molecule is F.NC(O)(O)C(O)O. The maximum Gasteiger partial charge on any atom is 0.273 e. The number of hydrogen-bond donors (Lipinski definition) is 5. The van der Waals surface area contributed by atoms with Gasteiger partial charge in [0.15, 0.2) is 0 Å². The lowest BCUT2D eigenvalue weighted by atomic mass is 10.5. The van der Waals surface area contributed by atoms with Crippen LogP contribution in [0.2, 0.25) is 0 Å². The summed E-state index contributed by atoms with van der Waals surface area (Å²) in [7, 11) is 0. The van der Waals surface area contributed by atoms with Crippen LogP contribution in [0.15, 0.2) is 0 Å². The van der Waals surface area contributed by atoms with E-state index in [1.807, 2.05) is 0 Å². The molecule has 0 aromatic rings. The topological polar surface area (TPSA) is 107 Å². The summed E-state index contributed by atoms with van der Waals surface area (Å²) in [6.07, 6.45) is -2.31.